The van der Waals surface area contributed by atoms with Gasteiger partial charge in [0.25, 0.3) is 0 Å². The monoisotopic (exact) mass is 389 g/mol. The first-order chi connectivity index (χ1) is 13.3. The molecule has 0 heterocycles. The number of aromatic hydroxyl groups is 1. The van der Waals surface area contributed by atoms with Crippen LogP contribution in [0.2, 0.25) is 0 Å². The molecule has 2 fully saturated rings. The number of aryl methyl sites for hydroxylation is 1. The molecule has 6 heteroatoms. The van der Waals surface area contributed by atoms with Crippen molar-refractivity contribution in [3.05, 3.63) is 29.3 Å². The van der Waals surface area contributed by atoms with Gasteiger partial charge in [0.2, 0.25) is 0 Å². The lowest BCUT2D eigenvalue weighted by molar-refractivity contribution is -0.154. The van der Waals surface area contributed by atoms with E-state index in [1.165, 1.54) is 12.5 Å². The summed E-state index contributed by atoms with van der Waals surface area (Å²) in [5.41, 5.74) is 3.02. The largest absolute Gasteiger partial charge is 0.508 e. The second kappa shape index (κ2) is 8.11. The predicted octanol–water partition coefficient (Wildman–Crippen LogP) is 3.62. The summed E-state index contributed by atoms with van der Waals surface area (Å²) in [6.45, 7) is 5.55. The Morgan fingerprint density at radius 3 is 2.68 bits per heavy atom. The van der Waals surface area contributed by atoms with E-state index >= 15 is 0 Å². The molecule has 6 nitrogen and oxygen atoms in total. The van der Waals surface area contributed by atoms with Crippen LogP contribution in [-0.4, -0.2) is 39.8 Å². The summed E-state index contributed by atoms with van der Waals surface area (Å²) in [6, 6.07) is 5.57. The van der Waals surface area contributed by atoms with Crippen LogP contribution in [0.4, 0.5) is 0 Å². The molecular formula is C22H31NO5. The zero-order valence-corrected chi connectivity index (χ0v) is 16.9. The molecule has 0 bridgehead atoms. The van der Waals surface area contributed by atoms with Crippen LogP contribution in [0.15, 0.2) is 23.4 Å². The molecule has 0 aromatic heterocycles. The number of carbonyl (C=O) groups is 1. The van der Waals surface area contributed by atoms with Crippen LogP contribution in [0.1, 0.15) is 63.5 Å². The number of aliphatic hydroxyl groups excluding tert-OH is 1. The van der Waals surface area contributed by atoms with Gasteiger partial charge in [0.1, 0.15) is 11.9 Å². The lowest BCUT2D eigenvalue weighted by atomic mass is 9.54. The number of benzene rings is 1. The molecule has 0 amide bonds. The Hall–Kier alpha value is -2.08. The second-order valence-electron chi connectivity index (χ2n) is 8.39. The van der Waals surface area contributed by atoms with Gasteiger partial charge in [-0.3, -0.25) is 4.79 Å². The van der Waals surface area contributed by atoms with Gasteiger partial charge in [-0.05, 0) is 74.1 Å². The molecule has 28 heavy (non-hydrogen) atoms. The van der Waals surface area contributed by atoms with E-state index in [-0.39, 0.29) is 35.8 Å². The standard InChI is InChI=1S/C20H25NO4.C2H6O/c1-11(22)25-17-10-20(2)16(7-8-18(20)21-24)15-5-3-12-9-13(23)4-6-14(12)19(15)17;1-2-3/h4,6,9,15-17,19,23-24H,3,5,7-8,10H2,1-2H3;3H,2H2,1H3/b21-18-;. The van der Waals surface area contributed by atoms with E-state index in [1.807, 2.05) is 12.1 Å². The number of nitrogens with zero attached hydrogens (tertiary/aromatic N) is 1. The number of esters is 1. The molecule has 1 aromatic rings. The highest BCUT2D eigenvalue weighted by molar-refractivity contribution is 5.92. The van der Waals surface area contributed by atoms with Gasteiger partial charge in [-0.15, -0.1) is 0 Å². The number of ether oxygens (including phenoxy) is 1. The summed E-state index contributed by atoms with van der Waals surface area (Å²) in [7, 11) is 0. The fourth-order valence-corrected chi connectivity index (χ4v) is 5.90. The Labute approximate surface area is 166 Å². The maximum atomic E-state index is 11.8. The molecular weight excluding hydrogens is 358 g/mol. The molecule has 0 spiro atoms. The minimum absolute atomic E-state index is 0.157. The topological polar surface area (TPSA) is 99.4 Å². The molecule has 154 valence electrons. The molecule has 0 aliphatic heterocycles. The van der Waals surface area contributed by atoms with Crippen molar-refractivity contribution in [1.29, 1.82) is 0 Å². The van der Waals surface area contributed by atoms with Crippen molar-refractivity contribution in [2.24, 2.45) is 22.4 Å². The van der Waals surface area contributed by atoms with Crippen molar-refractivity contribution in [3.8, 4) is 5.75 Å². The lowest BCUT2D eigenvalue weighted by Crippen LogP contribution is -2.50. The molecule has 2 saturated carbocycles. The Morgan fingerprint density at radius 2 is 2.04 bits per heavy atom. The van der Waals surface area contributed by atoms with Gasteiger partial charge in [0.15, 0.2) is 0 Å². The van der Waals surface area contributed by atoms with Gasteiger partial charge < -0.3 is 20.2 Å². The van der Waals surface area contributed by atoms with E-state index in [1.54, 1.807) is 13.0 Å². The summed E-state index contributed by atoms with van der Waals surface area (Å²) in [4.78, 5) is 11.8. The van der Waals surface area contributed by atoms with Gasteiger partial charge in [-0.2, -0.15) is 0 Å². The molecule has 1 aromatic carbocycles. The average molecular weight is 389 g/mol. The number of rotatable bonds is 1. The average Bonchev–Trinajstić information content (AvgIpc) is 2.97. The van der Waals surface area contributed by atoms with Crippen LogP contribution in [-0.2, 0) is 16.0 Å². The van der Waals surface area contributed by atoms with E-state index in [4.69, 9.17) is 9.84 Å². The fourth-order valence-electron chi connectivity index (χ4n) is 5.90. The van der Waals surface area contributed by atoms with E-state index < -0.39 is 0 Å². The third-order valence-electron chi connectivity index (χ3n) is 6.84. The summed E-state index contributed by atoms with van der Waals surface area (Å²) in [5.74, 6) is 1.02. The van der Waals surface area contributed by atoms with Gasteiger partial charge in [-0.1, -0.05) is 18.1 Å². The maximum Gasteiger partial charge on any atom is 0.302 e. The van der Waals surface area contributed by atoms with Crippen molar-refractivity contribution in [2.75, 3.05) is 6.61 Å². The zero-order valence-electron chi connectivity index (χ0n) is 16.9. The van der Waals surface area contributed by atoms with Crippen LogP contribution >= 0.6 is 0 Å². The minimum atomic E-state index is -0.266. The summed E-state index contributed by atoms with van der Waals surface area (Å²) >= 11 is 0. The third kappa shape index (κ3) is 3.50. The van der Waals surface area contributed by atoms with Crippen molar-refractivity contribution in [1.82, 2.24) is 0 Å². The van der Waals surface area contributed by atoms with Crippen molar-refractivity contribution in [3.63, 3.8) is 0 Å². The van der Waals surface area contributed by atoms with Crippen LogP contribution < -0.4 is 0 Å². The second-order valence-corrected chi connectivity index (χ2v) is 8.39. The number of phenolic OH excluding ortho intramolecular Hbond substituents is 1. The van der Waals surface area contributed by atoms with Crippen LogP contribution in [0, 0.1) is 17.3 Å². The van der Waals surface area contributed by atoms with Gasteiger partial charge in [0, 0.05) is 24.9 Å². The molecule has 0 saturated heterocycles. The minimum Gasteiger partial charge on any atom is -0.508 e. The first-order valence-electron chi connectivity index (χ1n) is 10.2. The summed E-state index contributed by atoms with van der Waals surface area (Å²) < 4.78 is 5.78. The molecule has 5 unspecified atom stereocenters. The molecule has 5 atom stereocenters. The Kier molecular flexibility index (Phi) is 5.98. The maximum absolute atomic E-state index is 11.8. The number of carbonyl (C=O) groups excluding carboxylic acids is 1. The summed E-state index contributed by atoms with van der Waals surface area (Å²) in [6.07, 6.45) is 4.25. The van der Waals surface area contributed by atoms with Gasteiger partial charge in [-0.25, -0.2) is 0 Å². The smallest absolute Gasteiger partial charge is 0.302 e. The number of aliphatic hydroxyl groups is 1. The SMILES string of the molecule is CC(=O)OC1CC2(C)/C(=N\O)CCC2C2CCc3cc(O)ccc3C12.CCO. The molecule has 3 aliphatic carbocycles. The highest BCUT2D eigenvalue weighted by Gasteiger charge is 2.58. The van der Waals surface area contributed by atoms with Gasteiger partial charge in [0.05, 0.1) is 5.71 Å². The third-order valence-corrected chi connectivity index (χ3v) is 6.84. The lowest BCUT2D eigenvalue weighted by Gasteiger charge is -2.51. The first kappa shape index (κ1) is 20.6. The zero-order chi connectivity index (χ0) is 20.5. The van der Waals surface area contributed by atoms with Crippen molar-refractivity contribution in [2.45, 2.75) is 64.9 Å². The van der Waals surface area contributed by atoms with Crippen molar-refractivity contribution < 1.29 is 25.0 Å². The molecule has 3 N–H and O–H groups in total. The number of hydrogen-bond donors (Lipinski definition) is 3. The van der Waals surface area contributed by atoms with E-state index in [0.717, 1.165) is 37.0 Å². The predicted molar refractivity (Wildman–Crippen MR) is 106 cm³/mol. The Morgan fingerprint density at radius 1 is 1.32 bits per heavy atom. The number of fused-ring (bicyclic) bond motifs is 5. The molecule has 4 rings (SSSR count). The first-order valence-corrected chi connectivity index (χ1v) is 10.2. The Bertz CT molecular complexity index is 761. The highest BCUT2D eigenvalue weighted by Crippen LogP contribution is 2.60. The van der Waals surface area contributed by atoms with Crippen LogP contribution in [0.5, 0.6) is 5.75 Å². The number of oxime groups is 1. The van der Waals surface area contributed by atoms with E-state index in [9.17, 15) is 15.1 Å². The van der Waals surface area contributed by atoms with E-state index in [2.05, 4.69) is 12.1 Å². The van der Waals surface area contributed by atoms with Crippen LogP contribution in [0.3, 0.4) is 0 Å². The quantitative estimate of drug-likeness (QED) is 0.387. The van der Waals surface area contributed by atoms with E-state index in [0.29, 0.717) is 18.3 Å². The Balaban J connectivity index is 0.000000706. The van der Waals surface area contributed by atoms with Crippen LogP contribution in [0.25, 0.3) is 0 Å². The van der Waals surface area contributed by atoms with Crippen molar-refractivity contribution >= 4 is 11.7 Å². The highest BCUT2D eigenvalue weighted by atomic mass is 16.5. The molecule has 0 radical (unpaired) electrons. The number of hydrogen-bond acceptors (Lipinski definition) is 6. The number of phenols is 1. The normalized spacial score (nSPS) is 34.5. The molecule has 3 aliphatic rings. The fraction of sp³-hybridized carbons (Fsp3) is 0.636. The van der Waals surface area contributed by atoms with Gasteiger partial charge >= 0.3 is 5.97 Å². The summed E-state index contributed by atoms with van der Waals surface area (Å²) in [5, 5.41) is 30.5.